The summed E-state index contributed by atoms with van der Waals surface area (Å²) in [6.45, 7) is 2.87. The van der Waals surface area contributed by atoms with Crippen molar-refractivity contribution in [3.8, 4) is 16.3 Å². The van der Waals surface area contributed by atoms with Gasteiger partial charge in [0.1, 0.15) is 10.8 Å². The fourth-order valence-corrected chi connectivity index (χ4v) is 4.09. The van der Waals surface area contributed by atoms with Gasteiger partial charge >= 0.3 is 0 Å². The van der Waals surface area contributed by atoms with Crippen molar-refractivity contribution in [1.82, 2.24) is 9.88 Å². The zero-order valence-corrected chi connectivity index (χ0v) is 18.4. The highest BCUT2D eigenvalue weighted by Gasteiger charge is 2.12. The van der Waals surface area contributed by atoms with Crippen LogP contribution in [0.1, 0.15) is 11.3 Å². The first kappa shape index (κ1) is 20.5. The summed E-state index contributed by atoms with van der Waals surface area (Å²) in [6, 6.07) is 13.7. The van der Waals surface area contributed by atoms with E-state index in [1.54, 1.807) is 18.4 Å². The number of nitrogens with zero attached hydrogens (tertiary/aromatic N) is 2. The van der Waals surface area contributed by atoms with Crippen molar-refractivity contribution in [3.63, 3.8) is 0 Å². The minimum absolute atomic E-state index is 0.0452. The summed E-state index contributed by atoms with van der Waals surface area (Å²) in [4.78, 5) is 19.0. The van der Waals surface area contributed by atoms with Crippen molar-refractivity contribution in [2.45, 2.75) is 13.5 Å². The maximum Gasteiger partial charge on any atom is 0.238 e. The number of hydrogen-bond acceptors (Lipinski definition) is 5. The summed E-state index contributed by atoms with van der Waals surface area (Å²) in [5.74, 6) is 0.766. The number of amides is 1. The Bertz CT molecular complexity index is 974. The fourth-order valence-electron chi connectivity index (χ4n) is 2.80. The van der Waals surface area contributed by atoms with Crippen LogP contribution in [-0.4, -0.2) is 36.5 Å². The number of aryl methyl sites for hydroxylation is 1. The van der Waals surface area contributed by atoms with E-state index in [0.717, 1.165) is 37.7 Å². The number of hydrogen-bond donors (Lipinski definition) is 1. The number of rotatable bonds is 7. The molecule has 3 aromatic rings. The summed E-state index contributed by atoms with van der Waals surface area (Å²) in [5.41, 5.74) is 3.82. The number of anilines is 1. The van der Waals surface area contributed by atoms with Gasteiger partial charge in [-0.15, -0.1) is 11.3 Å². The second kappa shape index (κ2) is 9.32. The lowest BCUT2D eigenvalue weighted by Crippen LogP contribution is -2.30. The van der Waals surface area contributed by atoms with Gasteiger partial charge in [-0.3, -0.25) is 9.69 Å². The highest BCUT2D eigenvalue weighted by atomic mass is 79.9. The van der Waals surface area contributed by atoms with Crippen LogP contribution in [0.15, 0.2) is 52.3 Å². The minimum Gasteiger partial charge on any atom is -0.497 e. The molecule has 0 aliphatic rings. The molecule has 1 aromatic heterocycles. The number of methoxy groups -OCH3 is 1. The van der Waals surface area contributed by atoms with E-state index in [4.69, 9.17) is 9.72 Å². The number of ether oxygens (including phenoxy) is 1. The Morgan fingerprint density at radius 1 is 1.29 bits per heavy atom. The van der Waals surface area contributed by atoms with Crippen LogP contribution >= 0.6 is 27.3 Å². The van der Waals surface area contributed by atoms with Crippen LogP contribution < -0.4 is 10.1 Å². The Morgan fingerprint density at radius 2 is 2.11 bits per heavy atom. The first-order chi connectivity index (χ1) is 13.4. The molecule has 28 heavy (non-hydrogen) atoms. The van der Waals surface area contributed by atoms with Gasteiger partial charge in [0.15, 0.2) is 0 Å². The van der Waals surface area contributed by atoms with Gasteiger partial charge in [0.2, 0.25) is 5.91 Å². The van der Waals surface area contributed by atoms with E-state index in [1.165, 1.54) is 0 Å². The lowest BCUT2D eigenvalue weighted by Gasteiger charge is -2.16. The van der Waals surface area contributed by atoms with Gasteiger partial charge in [0, 0.05) is 27.6 Å². The molecule has 5 nitrogen and oxygen atoms in total. The van der Waals surface area contributed by atoms with Crippen molar-refractivity contribution in [2.75, 3.05) is 26.0 Å². The molecule has 1 N–H and O–H groups in total. The molecule has 0 radical (unpaired) electrons. The third-order valence-corrected chi connectivity index (χ3v) is 5.61. The van der Waals surface area contributed by atoms with Crippen LogP contribution in [0.2, 0.25) is 0 Å². The Hall–Kier alpha value is -2.22. The van der Waals surface area contributed by atoms with Crippen LogP contribution in [0.4, 0.5) is 5.69 Å². The number of thiazole rings is 1. The topological polar surface area (TPSA) is 54.5 Å². The van der Waals surface area contributed by atoms with Crippen LogP contribution in [0.3, 0.4) is 0 Å². The normalized spacial score (nSPS) is 10.9. The van der Waals surface area contributed by atoms with Crippen molar-refractivity contribution < 1.29 is 9.53 Å². The van der Waals surface area contributed by atoms with Gasteiger partial charge in [0.05, 0.1) is 19.3 Å². The van der Waals surface area contributed by atoms with Crippen molar-refractivity contribution >= 4 is 38.9 Å². The van der Waals surface area contributed by atoms with Gasteiger partial charge in [-0.25, -0.2) is 4.98 Å². The molecule has 0 aliphatic carbocycles. The smallest absolute Gasteiger partial charge is 0.238 e. The zero-order valence-electron chi connectivity index (χ0n) is 16.0. The molecule has 0 spiro atoms. The number of aromatic nitrogens is 1. The number of likely N-dealkylation sites (N-methyl/N-ethyl adjacent to an activating group) is 1. The first-order valence-corrected chi connectivity index (χ1v) is 10.5. The molecule has 0 unspecified atom stereocenters. The number of halogens is 1. The summed E-state index contributed by atoms with van der Waals surface area (Å²) < 4.78 is 6.27. The van der Waals surface area contributed by atoms with Crippen molar-refractivity contribution in [3.05, 3.63) is 63.6 Å². The van der Waals surface area contributed by atoms with Gasteiger partial charge < -0.3 is 10.1 Å². The quantitative estimate of drug-likeness (QED) is 0.542. The number of carbonyl (C=O) groups is 1. The Balaban J connectivity index is 1.58. The summed E-state index contributed by atoms with van der Waals surface area (Å²) in [5, 5.41) is 5.94. The van der Waals surface area contributed by atoms with E-state index >= 15 is 0 Å². The molecule has 0 atom stereocenters. The van der Waals surface area contributed by atoms with Crippen LogP contribution in [-0.2, 0) is 11.3 Å². The second-order valence-electron chi connectivity index (χ2n) is 6.56. The molecule has 2 aromatic carbocycles. The van der Waals surface area contributed by atoms with E-state index in [-0.39, 0.29) is 5.91 Å². The van der Waals surface area contributed by atoms with Crippen LogP contribution in [0.25, 0.3) is 10.6 Å². The molecule has 0 saturated heterocycles. The van der Waals surface area contributed by atoms with E-state index in [2.05, 4.69) is 21.2 Å². The van der Waals surface area contributed by atoms with E-state index in [1.807, 2.05) is 66.7 Å². The Morgan fingerprint density at radius 3 is 2.86 bits per heavy atom. The van der Waals surface area contributed by atoms with Crippen LogP contribution in [0.5, 0.6) is 5.75 Å². The predicted molar refractivity (Wildman–Crippen MR) is 118 cm³/mol. The molecule has 0 aliphatic heterocycles. The van der Waals surface area contributed by atoms with Gasteiger partial charge in [0.25, 0.3) is 0 Å². The fraction of sp³-hybridized carbons (Fsp3) is 0.238. The second-order valence-corrected chi connectivity index (χ2v) is 8.33. The Labute approximate surface area is 177 Å². The van der Waals surface area contributed by atoms with Crippen LogP contribution in [0, 0.1) is 6.92 Å². The maximum absolute atomic E-state index is 12.4. The molecule has 146 valence electrons. The summed E-state index contributed by atoms with van der Waals surface area (Å²) >= 11 is 5.02. The standard InChI is InChI=1S/C21H22BrN3O2S/c1-14-9-16(22)7-8-19(14)24-20(26)12-25(2)11-17-13-28-21(23-17)15-5-4-6-18(10-15)27-3/h4-10,13H,11-12H2,1-3H3,(H,24,26). The first-order valence-electron chi connectivity index (χ1n) is 8.78. The van der Waals surface area contributed by atoms with E-state index in [9.17, 15) is 4.79 Å². The average Bonchev–Trinajstić information content (AvgIpc) is 3.12. The minimum atomic E-state index is -0.0452. The zero-order chi connectivity index (χ0) is 20.1. The molecule has 7 heteroatoms. The molecule has 3 rings (SSSR count). The largest absolute Gasteiger partial charge is 0.497 e. The highest BCUT2D eigenvalue weighted by Crippen LogP contribution is 2.27. The third kappa shape index (κ3) is 5.41. The average molecular weight is 460 g/mol. The molecular weight excluding hydrogens is 438 g/mol. The van der Waals surface area contributed by atoms with E-state index in [0.29, 0.717) is 13.1 Å². The predicted octanol–water partition coefficient (Wildman–Crippen LogP) is 4.96. The van der Waals surface area contributed by atoms with Crippen molar-refractivity contribution in [1.29, 1.82) is 0 Å². The van der Waals surface area contributed by atoms with Gasteiger partial charge in [-0.1, -0.05) is 28.1 Å². The number of nitrogens with one attached hydrogen (secondary N) is 1. The van der Waals surface area contributed by atoms with Gasteiger partial charge in [-0.05, 0) is 49.9 Å². The highest BCUT2D eigenvalue weighted by molar-refractivity contribution is 9.10. The summed E-state index contributed by atoms with van der Waals surface area (Å²) in [7, 11) is 3.57. The molecule has 0 bridgehead atoms. The molecule has 1 heterocycles. The van der Waals surface area contributed by atoms with Gasteiger partial charge in [-0.2, -0.15) is 0 Å². The molecule has 1 amide bonds. The lowest BCUT2D eigenvalue weighted by atomic mass is 10.2. The SMILES string of the molecule is COc1cccc(-c2nc(CN(C)CC(=O)Nc3ccc(Br)cc3C)cs2)c1. The maximum atomic E-state index is 12.4. The third-order valence-electron chi connectivity index (χ3n) is 4.18. The van der Waals surface area contributed by atoms with E-state index < -0.39 is 0 Å². The number of benzene rings is 2. The molecular formula is C21H22BrN3O2S. The number of carbonyl (C=O) groups excluding carboxylic acids is 1. The molecule has 0 saturated carbocycles. The lowest BCUT2D eigenvalue weighted by molar-refractivity contribution is -0.117. The van der Waals surface area contributed by atoms with Crippen molar-refractivity contribution in [2.24, 2.45) is 0 Å². The summed E-state index contributed by atoms with van der Waals surface area (Å²) in [6.07, 6.45) is 0. The monoisotopic (exact) mass is 459 g/mol. The molecule has 0 fully saturated rings. The Kier molecular flexibility index (Phi) is 6.83.